The smallest absolute Gasteiger partial charge is 0.332 e. The van der Waals surface area contributed by atoms with E-state index in [2.05, 4.69) is 28.3 Å². The van der Waals surface area contributed by atoms with Gasteiger partial charge in [-0.3, -0.25) is 0 Å². The van der Waals surface area contributed by atoms with Crippen molar-refractivity contribution in [1.29, 1.82) is 0 Å². The van der Waals surface area contributed by atoms with Crippen molar-refractivity contribution in [3.05, 3.63) is 40.6 Å². The highest BCUT2D eigenvalue weighted by molar-refractivity contribution is 7.89. The molecule has 1 fully saturated rings. The first-order valence-corrected chi connectivity index (χ1v) is 13.3. The second-order valence-corrected chi connectivity index (χ2v) is 10.9. The Bertz CT molecular complexity index is 1170. The Hall–Kier alpha value is -2.65. The molecule has 1 saturated heterocycles. The summed E-state index contributed by atoms with van der Waals surface area (Å²) in [5.74, 6) is 0.605. The predicted molar refractivity (Wildman–Crippen MR) is 129 cm³/mol. The molecule has 0 spiro atoms. The Kier molecular flexibility index (Phi) is 6.63. The van der Waals surface area contributed by atoms with Crippen molar-refractivity contribution in [3.8, 4) is 17.0 Å². The fourth-order valence-corrected chi connectivity index (χ4v) is 5.24. The van der Waals surface area contributed by atoms with Gasteiger partial charge in [-0.25, -0.2) is 22.9 Å². The lowest BCUT2D eigenvalue weighted by molar-refractivity contribution is 0.109. The van der Waals surface area contributed by atoms with Gasteiger partial charge in [-0.2, -0.15) is 0 Å². The molecule has 0 unspecified atom stereocenters. The van der Waals surface area contributed by atoms with Crippen LogP contribution >= 0.6 is 0 Å². The van der Waals surface area contributed by atoms with Crippen molar-refractivity contribution in [2.24, 2.45) is 0 Å². The molecular weight excluding hydrogens is 440 g/mol. The number of hydrogen-bond donors (Lipinski definition) is 2. The number of pyridine rings is 1. The maximum Gasteiger partial charge on any atom is 0.332 e. The van der Waals surface area contributed by atoms with Crippen LogP contribution in [0.2, 0.25) is 0 Å². The van der Waals surface area contributed by atoms with Gasteiger partial charge in [-0.15, -0.1) is 0 Å². The number of aromatic nitrogens is 1. The molecule has 2 aromatic rings. The minimum atomic E-state index is -3.68. The molecule has 178 valence electrons. The number of carbonyl (C=O) groups is 1. The number of likely N-dealkylation sites (tertiary alicyclic amines) is 1. The van der Waals surface area contributed by atoms with Crippen LogP contribution < -0.4 is 14.8 Å². The third kappa shape index (κ3) is 5.30. The molecular formula is C24H32N4O4S. The molecule has 0 atom stereocenters. The Balaban J connectivity index is 1.73. The predicted octanol–water partition coefficient (Wildman–Crippen LogP) is 3.41. The number of carbonyl (C=O) groups excluding carboxylic acids is 1. The van der Waals surface area contributed by atoms with Gasteiger partial charge in [0.05, 0.1) is 11.9 Å². The van der Waals surface area contributed by atoms with E-state index in [0.717, 1.165) is 79.3 Å². The molecule has 2 heterocycles. The molecule has 8 nitrogen and oxygen atoms in total. The average Bonchev–Trinajstić information content (AvgIpc) is 3.19. The summed E-state index contributed by atoms with van der Waals surface area (Å²) in [6.07, 6.45) is 7.52. The van der Waals surface area contributed by atoms with E-state index >= 15 is 0 Å². The Labute approximate surface area is 195 Å². The molecule has 2 N–H and O–H groups in total. The van der Waals surface area contributed by atoms with Crippen molar-refractivity contribution in [2.45, 2.75) is 52.1 Å². The van der Waals surface area contributed by atoms with Gasteiger partial charge in [0.25, 0.3) is 0 Å². The number of fused-ring (bicyclic) bond motifs is 1. The topological polar surface area (TPSA) is 101 Å². The van der Waals surface area contributed by atoms with Crippen LogP contribution in [0.3, 0.4) is 0 Å². The zero-order valence-corrected chi connectivity index (χ0v) is 20.5. The van der Waals surface area contributed by atoms with Crippen LogP contribution in [-0.4, -0.2) is 56.8 Å². The fraction of sp³-hybridized carbons (Fsp3) is 0.500. The summed E-state index contributed by atoms with van der Waals surface area (Å²) in [5.41, 5.74) is 6.66. The second-order valence-electron chi connectivity index (χ2n) is 9.17. The molecule has 2 aliphatic rings. The maximum atomic E-state index is 12.5. The number of anilines is 1. The maximum absolute atomic E-state index is 12.5. The third-order valence-corrected chi connectivity index (χ3v) is 7.04. The molecule has 2 amide bonds. The van der Waals surface area contributed by atoms with Gasteiger partial charge in [0.1, 0.15) is 6.10 Å². The van der Waals surface area contributed by atoms with E-state index in [-0.39, 0.29) is 6.10 Å². The van der Waals surface area contributed by atoms with Gasteiger partial charge < -0.3 is 15.0 Å². The molecule has 9 heteroatoms. The Morgan fingerprint density at radius 2 is 1.94 bits per heavy atom. The highest BCUT2D eigenvalue weighted by atomic mass is 32.2. The monoisotopic (exact) mass is 472 g/mol. The van der Waals surface area contributed by atoms with Crippen molar-refractivity contribution in [1.82, 2.24) is 14.6 Å². The lowest BCUT2D eigenvalue weighted by Gasteiger charge is -2.29. The van der Waals surface area contributed by atoms with E-state index in [9.17, 15) is 13.2 Å². The lowest BCUT2D eigenvalue weighted by Crippen LogP contribution is -2.35. The Morgan fingerprint density at radius 1 is 1.21 bits per heavy atom. The number of piperidine rings is 1. The number of aryl methyl sites for hydroxylation is 2. The zero-order chi connectivity index (χ0) is 23.8. The fourth-order valence-electron chi connectivity index (χ4n) is 4.85. The summed E-state index contributed by atoms with van der Waals surface area (Å²) in [5, 5.41) is 2.84. The van der Waals surface area contributed by atoms with Crippen LogP contribution in [0.25, 0.3) is 11.1 Å². The molecule has 0 bridgehead atoms. The number of amides is 2. The summed E-state index contributed by atoms with van der Waals surface area (Å²) >= 11 is 0. The van der Waals surface area contributed by atoms with E-state index in [1.807, 2.05) is 24.6 Å². The number of nitrogens with one attached hydrogen (secondary N) is 2. The quantitative estimate of drug-likeness (QED) is 0.692. The molecule has 33 heavy (non-hydrogen) atoms. The highest BCUT2D eigenvalue weighted by Crippen LogP contribution is 2.42. The first-order valence-electron chi connectivity index (χ1n) is 11.4. The van der Waals surface area contributed by atoms with E-state index < -0.39 is 16.1 Å². The number of urea groups is 1. The molecule has 0 radical (unpaired) electrons. The van der Waals surface area contributed by atoms with Crippen LogP contribution in [0.15, 0.2) is 18.3 Å². The SMILES string of the molecule is Cc1cc2c(c(NC(=O)NS(C)(=O)=O)c1-c1ccnc(OC3CCN(C)CC3)c1C)CCC2. The molecule has 1 aliphatic carbocycles. The summed E-state index contributed by atoms with van der Waals surface area (Å²) in [6, 6.07) is 3.35. The lowest BCUT2D eigenvalue weighted by atomic mass is 9.91. The normalized spacial score (nSPS) is 17.0. The van der Waals surface area contributed by atoms with Crippen molar-refractivity contribution >= 4 is 21.7 Å². The summed E-state index contributed by atoms with van der Waals surface area (Å²) in [4.78, 5) is 19.3. The van der Waals surface area contributed by atoms with E-state index in [0.29, 0.717) is 11.6 Å². The van der Waals surface area contributed by atoms with Crippen LogP contribution in [0, 0.1) is 13.8 Å². The van der Waals surface area contributed by atoms with Gasteiger partial charge in [-0.05, 0) is 81.3 Å². The molecule has 1 aliphatic heterocycles. The zero-order valence-electron chi connectivity index (χ0n) is 19.7. The average molecular weight is 473 g/mol. The van der Waals surface area contributed by atoms with Crippen LogP contribution in [0.4, 0.5) is 10.5 Å². The van der Waals surface area contributed by atoms with E-state index in [1.54, 1.807) is 6.20 Å². The Morgan fingerprint density at radius 3 is 2.64 bits per heavy atom. The number of hydrogen-bond acceptors (Lipinski definition) is 6. The molecule has 4 rings (SSSR count). The summed E-state index contributed by atoms with van der Waals surface area (Å²) in [7, 11) is -1.56. The minimum absolute atomic E-state index is 0.127. The van der Waals surface area contributed by atoms with Gasteiger partial charge in [-0.1, -0.05) is 6.07 Å². The standard InChI is InChI=1S/C24H32N4O4S/c1-15-14-17-6-5-7-20(17)22(26-24(29)27-33(4,30)31)21(15)19-8-11-25-23(16(19)2)32-18-9-12-28(3)13-10-18/h8,11,14,18H,5-7,9-10,12-13H2,1-4H3,(H2,26,27,29). The van der Waals surface area contributed by atoms with Gasteiger partial charge in [0, 0.05) is 30.4 Å². The van der Waals surface area contributed by atoms with Gasteiger partial charge in [0.2, 0.25) is 15.9 Å². The van der Waals surface area contributed by atoms with Crippen molar-refractivity contribution in [3.63, 3.8) is 0 Å². The minimum Gasteiger partial charge on any atom is -0.474 e. The largest absolute Gasteiger partial charge is 0.474 e. The van der Waals surface area contributed by atoms with Gasteiger partial charge in [0.15, 0.2) is 0 Å². The second kappa shape index (κ2) is 9.30. The van der Waals surface area contributed by atoms with Crippen LogP contribution in [0.5, 0.6) is 5.88 Å². The highest BCUT2D eigenvalue weighted by Gasteiger charge is 2.26. The summed E-state index contributed by atoms with van der Waals surface area (Å²) in [6.45, 7) is 6.00. The van der Waals surface area contributed by atoms with Gasteiger partial charge >= 0.3 is 6.03 Å². The number of rotatable bonds is 5. The van der Waals surface area contributed by atoms with E-state index in [4.69, 9.17) is 4.74 Å². The van der Waals surface area contributed by atoms with E-state index in [1.165, 1.54) is 5.56 Å². The van der Waals surface area contributed by atoms with Crippen molar-refractivity contribution < 1.29 is 17.9 Å². The molecule has 0 saturated carbocycles. The van der Waals surface area contributed by atoms with Crippen LogP contribution in [-0.2, 0) is 22.9 Å². The number of nitrogens with zero attached hydrogens (tertiary/aromatic N) is 2. The molecule has 1 aromatic heterocycles. The van der Waals surface area contributed by atoms with Crippen molar-refractivity contribution in [2.75, 3.05) is 31.7 Å². The number of sulfonamides is 1. The van der Waals surface area contributed by atoms with Crippen LogP contribution in [0.1, 0.15) is 41.5 Å². The number of ether oxygens (including phenoxy) is 1. The third-order valence-electron chi connectivity index (χ3n) is 6.49. The first kappa shape index (κ1) is 23.5. The first-order chi connectivity index (χ1) is 15.6. The number of benzene rings is 1. The molecule has 1 aromatic carbocycles. The summed E-state index contributed by atoms with van der Waals surface area (Å²) < 4.78 is 31.5.